The van der Waals surface area contributed by atoms with Crippen molar-refractivity contribution in [1.82, 2.24) is 14.5 Å². The van der Waals surface area contributed by atoms with E-state index in [1.165, 1.54) is 29.0 Å². The molecule has 10 heteroatoms. The highest BCUT2D eigenvalue weighted by Gasteiger charge is 2.45. The summed E-state index contributed by atoms with van der Waals surface area (Å²) in [6.07, 6.45) is 0.717. The van der Waals surface area contributed by atoms with Crippen LogP contribution in [0.25, 0.3) is 10.9 Å². The third-order valence-electron chi connectivity index (χ3n) is 5.50. The van der Waals surface area contributed by atoms with Gasteiger partial charge in [0.2, 0.25) is 0 Å². The molecule has 2 aromatic heterocycles. The maximum absolute atomic E-state index is 14.6. The van der Waals surface area contributed by atoms with Crippen LogP contribution in [-0.2, 0) is 11.5 Å². The van der Waals surface area contributed by atoms with Crippen molar-refractivity contribution in [2.45, 2.75) is 44.4 Å². The molecule has 1 atom stereocenters. The molecule has 2 N–H and O–H groups in total. The van der Waals surface area contributed by atoms with E-state index in [4.69, 9.17) is 0 Å². The molecule has 3 aromatic rings. The van der Waals surface area contributed by atoms with Gasteiger partial charge in [-0.05, 0) is 19.8 Å². The predicted octanol–water partition coefficient (Wildman–Crippen LogP) is 3.91. The van der Waals surface area contributed by atoms with Crippen LogP contribution < -0.4 is 10.9 Å². The average Bonchev–Trinajstić information content (AvgIpc) is 3.47. The molecule has 1 aromatic carbocycles. The monoisotopic (exact) mass is 436 g/mol. The maximum Gasteiger partial charge on any atom is 0.273 e. The lowest BCUT2D eigenvalue weighted by Gasteiger charge is -2.20. The number of alkyl halides is 3. The standard InChI is InChI=1S/C21H20F4N4O2/c1-11-26-15-8-16(30)29(21(10-22)6-7-21)9-13(15)18(27-11)28-19(31)12-4-3-5-14(17(12)23)20(2,24)25/h3-5,8-9,19,31H,6-7,10H2,1-2H3,(H,26,27,28). The lowest BCUT2D eigenvalue weighted by Crippen LogP contribution is -2.31. The minimum atomic E-state index is -3.43. The average molecular weight is 436 g/mol. The second kappa shape index (κ2) is 7.30. The van der Waals surface area contributed by atoms with Crippen molar-refractivity contribution in [3.8, 4) is 0 Å². The number of nitrogens with zero attached hydrogens (tertiary/aromatic N) is 3. The Hall–Kier alpha value is -3.01. The van der Waals surface area contributed by atoms with Crippen LogP contribution in [0.3, 0.4) is 0 Å². The molecule has 1 saturated carbocycles. The summed E-state index contributed by atoms with van der Waals surface area (Å²) in [6.45, 7) is 1.42. The Morgan fingerprint density at radius 1 is 1.32 bits per heavy atom. The molecule has 6 nitrogen and oxygen atoms in total. The van der Waals surface area contributed by atoms with Gasteiger partial charge in [0.05, 0.1) is 22.0 Å². The molecule has 1 fully saturated rings. The van der Waals surface area contributed by atoms with Crippen LogP contribution in [0.5, 0.6) is 0 Å². The zero-order valence-corrected chi connectivity index (χ0v) is 16.8. The molecule has 4 rings (SSSR count). The van der Waals surface area contributed by atoms with Gasteiger partial charge in [-0.3, -0.25) is 4.79 Å². The number of benzene rings is 1. The normalized spacial score (nSPS) is 16.4. The Labute approximate surface area is 174 Å². The van der Waals surface area contributed by atoms with Gasteiger partial charge in [0.25, 0.3) is 11.5 Å². The molecule has 1 aliphatic carbocycles. The summed E-state index contributed by atoms with van der Waals surface area (Å²) < 4.78 is 56.8. The number of pyridine rings is 1. The first-order valence-electron chi connectivity index (χ1n) is 9.64. The van der Waals surface area contributed by atoms with E-state index in [-0.39, 0.29) is 22.7 Å². The number of hydrogen-bond donors (Lipinski definition) is 2. The topological polar surface area (TPSA) is 80.0 Å². The van der Waals surface area contributed by atoms with E-state index in [1.807, 2.05) is 0 Å². The Kier molecular flexibility index (Phi) is 5.00. The van der Waals surface area contributed by atoms with Crippen LogP contribution in [0.2, 0.25) is 0 Å². The summed E-state index contributed by atoms with van der Waals surface area (Å²) in [7, 11) is 0. The third-order valence-corrected chi connectivity index (χ3v) is 5.50. The Balaban J connectivity index is 1.78. The summed E-state index contributed by atoms with van der Waals surface area (Å²) in [5.41, 5.74) is -2.30. The van der Waals surface area contributed by atoms with Gasteiger partial charge < -0.3 is 15.0 Å². The highest BCUT2D eigenvalue weighted by Crippen LogP contribution is 2.43. The van der Waals surface area contributed by atoms with Gasteiger partial charge in [-0.2, -0.15) is 0 Å². The van der Waals surface area contributed by atoms with E-state index in [0.29, 0.717) is 25.2 Å². The van der Waals surface area contributed by atoms with Crippen LogP contribution in [-0.4, -0.2) is 26.3 Å². The Bertz CT molecular complexity index is 1220. The number of halogens is 4. The first kappa shape index (κ1) is 21.2. The number of anilines is 1. The van der Waals surface area contributed by atoms with Crippen LogP contribution in [0.15, 0.2) is 35.3 Å². The number of fused-ring (bicyclic) bond motifs is 1. The number of nitrogens with one attached hydrogen (secondary N) is 1. The van der Waals surface area contributed by atoms with E-state index in [9.17, 15) is 27.5 Å². The molecule has 31 heavy (non-hydrogen) atoms. The number of rotatable bonds is 6. The van der Waals surface area contributed by atoms with E-state index >= 15 is 0 Å². The predicted molar refractivity (Wildman–Crippen MR) is 106 cm³/mol. The fourth-order valence-corrected chi connectivity index (χ4v) is 3.59. The van der Waals surface area contributed by atoms with Gasteiger partial charge in [-0.15, -0.1) is 0 Å². The number of aryl methyl sites for hydroxylation is 1. The molecule has 0 amide bonds. The van der Waals surface area contributed by atoms with Crippen molar-refractivity contribution in [3.63, 3.8) is 0 Å². The van der Waals surface area contributed by atoms with Gasteiger partial charge in [0.1, 0.15) is 24.1 Å². The molecule has 0 radical (unpaired) electrons. The minimum Gasteiger partial charge on any atom is -0.369 e. The van der Waals surface area contributed by atoms with E-state index < -0.39 is 41.3 Å². The molecule has 164 valence electrons. The highest BCUT2D eigenvalue weighted by molar-refractivity contribution is 5.88. The largest absolute Gasteiger partial charge is 0.369 e. The van der Waals surface area contributed by atoms with Crippen LogP contribution in [0.1, 0.15) is 42.9 Å². The Morgan fingerprint density at radius 2 is 2.03 bits per heavy atom. The van der Waals surface area contributed by atoms with Crippen molar-refractivity contribution >= 4 is 16.7 Å². The lowest BCUT2D eigenvalue weighted by molar-refractivity contribution is 0.0133. The summed E-state index contributed by atoms with van der Waals surface area (Å²) >= 11 is 0. The minimum absolute atomic E-state index is 0.0615. The zero-order valence-electron chi connectivity index (χ0n) is 16.8. The van der Waals surface area contributed by atoms with Gasteiger partial charge >= 0.3 is 0 Å². The van der Waals surface area contributed by atoms with Gasteiger partial charge in [-0.25, -0.2) is 27.5 Å². The summed E-state index contributed by atoms with van der Waals surface area (Å²) in [5.74, 6) is -4.35. The fourth-order valence-electron chi connectivity index (χ4n) is 3.59. The maximum atomic E-state index is 14.6. The van der Waals surface area contributed by atoms with Gasteiger partial charge in [0, 0.05) is 24.8 Å². The fraction of sp³-hybridized carbons (Fsp3) is 0.381. The van der Waals surface area contributed by atoms with Crippen LogP contribution in [0.4, 0.5) is 23.4 Å². The molecule has 0 bridgehead atoms. The molecule has 0 spiro atoms. The first-order valence-corrected chi connectivity index (χ1v) is 9.64. The van der Waals surface area contributed by atoms with Crippen molar-refractivity contribution < 1.29 is 22.7 Å². The van der Waals surface area contributed by atoms with Crippen molar-refractivity contribution in [2.24, 2.45) is 0 Å². The SMILES string of the molecule is Cc1nc(NC(O)c2cccc(C(C)(F)F)c2F)c2cn(C3(CF)CC3)c(=O)cc2n1. The van der Waals surface area contributed by atoms with Crippen molar-refractivity contribution in [3.05, 3.63) is 63.6 Å². The molecule has 0 aliphatic heterocycles. The number of aliphatic hydroxyl groups is 1. The lowest BCUT2D eigenvalue weighted by atomic mass is 10.0. The van der Waals surface area contributed by atoms with E-state index in [1.54, 1.807) is 6.92 Å². The highest BCUT2D eigenvalue weighted by atomic mass is 19.3. The van der Waals surface area contributed by atoms with Gasteiger partial charge in [-0.1, -0.05) is 18.2 Å². The second-order valence-corrected chi connectivity index (χ2v) is 7.90. The number of aromatic nitrogens is 3. The number of hydrogen-bond acceptors (Lipinski definition) is 5. The molecule has 1 unspecified atom stereocenters. The smallest absolute Gasteiger partial charge is 0.273 e. The molecule has 1 aliphatic rings. The zero-order chi connectivity index (χ0) is 22.6. The summed E-state index contributed by atoms with van der Waals surface area (Å²) in [5, 5.41) is 13.5. The van der Waals surface area contributed by atoms with Crippen LogP contribution in [0, 0.1) is 12.7 Å². The van der Waals surface area contributed by atoms with Crippen molar-refractivity contribution in [1.29, 1.82) is 0 Å². The molecule has 0 saturated heterocycles. The van der Waals surface area contributed by atoms with E-state index in [0.717, 1.165) is 6.07 Å². The van der Waals surface area contributed by atoms with Gasteiger partial charge in [0.15, 0.2) is 6.23 Å². The van der Waals surface area contributed by atoms with Crippen LogP contribution >= 0.6 is 0 Å². The third kappa shape index (κ3) is 3.76. The molecule has 2 heterocycles. The summed E-state index contributed by atoms with van der Waals surface area (Å²) in [6, 6.07) is 4.59. The molecular formula is C21H20F4N4O2. The van der Waals surface area contributed by atoms with E-state index in [2.05, 4.69) is 15.3 Å². The van der Waals surface area contributed by atoms with Crippen molar-refractivity contribution in [2.75, 3.05) is 12.0 Å². The summed E-state index contributed by atoms with van der Waals surface area (Å²) in [4.78, 5) is 20.9. The first-order chi connectivity index (χ1) is 14.6. The quantitative estimate of drug-likeness (QED) is 0.453. The second-order valence-electron chi connectivity index (χ2n) is 7.90. The molecular weight excluding hydrogens is 416 g/mol. The number of aliphatic hydroxyl groups excluding tert-OH is 1. The Morgan fingerprint density at radius 3 is 2.65 bits per heavy atom.